The molecule has 1 aromatic heterocycles. The van der Waals surface area contributed by atoms with E-state index < -0.39 is 23.9 Å². The molecule has 0 aromatic carbocycles. The lowest BCUT2D eigenvalue weighted by atomic mass is 10.1. The molecule has 2 rings (SSSR count). The molecule has 0 unspecified atom stereocenters. The van der Waals surface area contributed by atoms with E-state index in [2.05, 4.69) is 20.9 Å². The molecule has 10 heteroatoms. The third-order valence-electron chi connectivity index (χ3n) is 3.82. The fourth-order valence-electron chi connectivity index (χ4n) is 2.62. The van der Waals surface area contributed by atoms with Crippen molar-refractivity contribution in [2.45, 2.75) is 19.0 Å². The Labute approximate surface area is 156 Å². The van der Waals surface area contributed by atoms with Crippen LogP contribution in [0.2, 0.25) is 0 Å². The maximum atomic E-state index is 12.4. The van der Waals surface area contributed by atoms with Crippen LogP contribution >= 0.6 is 0 Å². The first kappa shape index (κ1) is 20.2. The average Bonchev–Trinajstić information content (AvgIpc) is 3.13. The number of carboxylic acid groups (broad SMARTS) is 1. The molecule has 4 N–H and O–H groups in total. The molecule has 1 aliphatic rings. The lowest BCUT2D eigenvalue weighted by Crippen LogP contribution is -2.47. The van der Waals surface area contributed by atoms with Crippen LogP contribution in [0.3, 0.4) is 0 Å². The molecular formula is C17H23N5O5. The Morgan fingerprint density at radius 1 is 1.33 bits per heavy atom. The summed E-state index contributed by atoms with van der Waals surface area (Å²) < 4.78 is 4.74. The molecule has 0 fully saturated rings. The van der Waals surface area contributed by atoms with Gasteiger partial charge in [0.1, 0.15) is 6.04 Å². The number of nitrogens with zero attached hydrogens (tertiary/aromatic N) is 2. The number of hydrogen-bond acceptors (Lipinski definition) is 8. The standard InChI is InChI=1S/C17H23N5O5/c1-27-17(26)14(6-13-7-19-11-20-13)21-15(23)9-22(10-16(24)25)8-12-2-4-18-5-3-12/h2-5,7,14,19-20H,6,8-11H2,1H3,(H,21,23)(H,24,25)/t14-/m0/s1. The van der Waals surface area contributed by atoms with Crippen molar-refractivity contribution in [3.8, 4) is 0 Å². The second-order valence-electron chi connectivity index (χ2n) is 5.97. The van der Waals surface area contributed by atoms with Gasteiger partial charge in [-0.1, -0.05) is 0 Å². The predicted molar refractivity (Wildman–Crippen MR) is 94.9 cm³/mol. The lowest BCUT2D eigenvalue weighted by Gasteiger charge is -2.22. The Bertz CT molecular complexity index is 694. The fourth-order valence-corrected chi connectivity index (χ4v) is 2.62. The van der Waals surface area contributed by atoms with Crippen molar-refractivity contribution in [1.29, 1.82) is 0 Å². The fraction of sp³-hybridized carbons (Fsp3) is 0.412. The van der Waals surface area contributed by atoms with Gasteiger partial charge in [0.15, 0.2) is 0 Å². The number of hydrogen-bond donors (Lipinski definition) is 4. The van der Waals surface area contributed by atoms with E-state index in [-0.39, 0.29) is 26.1 Å². The molecule has 146 valence electrons. The molecule has 0 radical (unpaired) electrons. The van der Waals surface area contributed by atoms with E-state index in [9.17, 15) is 14.4 Å². The van der Waals surface area contributed by atoms with Gasteiger partial charge in [-0.15, -0.1) is 0 Å². The summed E-state index contributed by atoms with van der Waals surface area (Å²) in [4.78, 5) is 40.9. The van der Waals surface area contributed by atoms with Gasteiger partial charge >= 0.3 is 11.9 Å². The van der Waals surface area contributed by atoms with Gasteiger partial charge in [0.05, 0.1) is 26.9 Å². The van der Waals surface area contributed by atoms with Crippen LogP contribution in [-0.4, -0.2) is 65.7 Å². The Kier molecular flexibility index (Phi) is 7.56. The van der Waals surface area contributed by atoms with Gasteiger partial charge in [0, 0.05) is 37.3 Å². The maximum absolute atomic E-state index is 12.4. The highest BCUT2D eigenvalue weighted by molar-refractivity contribution is 5.86. The van der Waals surface area contributed by atoms with Crippen molar-refractivity contribution in [1.82, 2.24) is 25.8 Å². The van der Waals surface area contributed by atoms with Gasteiger partial charge < -0.3 is 25.8 Å². The number of amides is 1. The van der Waals surface area contributed by atoms with E-state index >= 15 is 0 Å². The van der Waals surface area contributed by atoms with Gasteiger partial charge in [-0.25, -0.2) is 4.79 Å². The van der Waals surface area contributed by atoms with Gasteiger partial charge in [0.25, 0.3) is 0 Å². The Hall–Kier alpha value is -3.14. The largest absolute Gasteiger partial charge is 0.480 e. The zero-order valence-corrected chi connectivity index (χ0v) is 15.0. The van der Waals surface area contributed by atoms with Crippen molar-refractivity contribution in [2.24, 2.45) is 0 Å². The first-order valence-corrected chi connectivity index (χ1v) is 8.34. The van der Waals surface area contributed by atoms with Crippen LogP contribution in [0.4, 0.5) is 0 Å². The molecule has 0 spiro atoms. The number of esters is 1. The molecule has 1 amide bonds. The number of nitrogens with one attached hydrogen (secondary N) is 3. The maximum Gasteiger partial charge on any atom is 0.328 e. The van der Waals surface area contributed by atoms with E-state index in [1.54, 1.807) is 30.7 Å². The third-order valence-corrected chi connectivity index (χ3v) is 3.82. The average molecular weight is 377 g/mol. The summed E-state index contributed by atoms with van der Waals surface area (Å²) in [5.74, 6) is -2.09. The molecule has 0 bridgehead atoms. The number of aliphatic carboxylic acids is 1. The smallest absolute Gasteiger partial charge is 0.328 e. The highest BCUT2D eigenvalue weighted by Crippen LogP contribution is 2.07. The monoisotopic (exact) mass is 377 g/mol. The van der Waals surface area contributed by atoms with Gasteiger partial charge in [0.2, 0.25) is 5.91 Å². The molecule has 0 saturated carbocycles. The number of pyridine rings is 1. The van der Waals surface area contributed by atoms with Crippen LogP contribution in [0.15, 0.2) is 36.4 Å². The van der Waals surface area contributed by atoms with Crippen molar-refractivity contribution in [3.63, 3.8) is 0 Å². The molecule has 10 nitrogen and oxygen atoms in total. The summed E-state index contributed by atoms with van der Waals surface area (Å²) in [7, 11) is 1.25. The van der Waals surface area contributed by atoms with Crippen LogP contribution in [0.25, 0.3) is 0 Å². The molecule has 1 aromatic rings. The molecule has 0 saturated heterocycles. The SMILES string of the molecule is COC(=O)[C@H](CC1=CNCN1)NC(=O)CN(CC(=O)O)Cc1ccncc1. The first-order chi connectivity index (χ1) is 13.0. The predicted octanol–water partition coefficient (Wildman–Crippen LogP) is -0.992. The number of methoxy groups -OCH3 is 1. The number of carboxylic acids is 1. The van der Waals surface area contributed by atoms with E-state index in [1.165, 1.54) is 12.0 Å². The van der Waals surface area contributed by atoms with Crippen molar-refractivity contribution < 1.29 is 24.2 Å². The summed E-state index contributed by atoms with van der Waals surface area (Å²) in [5.41, 5.74) is 1.60. The summed E-state index contributed by atoms with van der Waals surface area (Å²) in [5, 5.41) is 17.7. The van der Waals surface area contributed by atoms with Gasteiger partial charge in [-0.05, 0) is 17.7 Å². The Morgan fingerprint density at radius 3 is 2.67 bits per heavy atom. The topological polar surface area (TPSA) is 133 Å². The van der Waals surface area contributed by atoms with E-state index in [0.717, 1.165) is 11.3 Å². The minimum Gasteiger partial charge on any atom is -0.480 e. The minimum absolute atomic E-state index is 0.174. The summed E-state index contributed by atoms with van der Waals surface area (Å²) >= 11 is 0. The first-order valence-electron chi connectivity index (χ1n) is 8.34. The molecule has 27 heavy (non-hydrogen) atoms. The molecule has 0 aliphatic carbocycles. The van der Waals surface area contributed by atoms with Crippen LogP contribution in [0.5, 0.6) is 0 Å². The molecule has 1 atom stereocenters. The van der Waals surface area contributed by atoms with Crippen molar-refractivity contribution in [2.75, 3.05) is 26.9 Å². The quantitative estimate of drug-likeness (QED) is 0.379. The summed E-state index contributed by atoms with van der Waals surface area (Å²) in [6.45, 7) is 0.333. The molecular weight excluding hydrogens is 354 g/mol. The van der Waals surface area contributed by atoms with E-state index in [4.69, 9.17) is 9.84 Å². The number of rotatable bonds is 10. The summed E-state index contributed by atoms with van der Waals surface area (Å²) in [6.07, 6.45) is 5.16. The number of carbonyl (C=O) groups is 3. The van der Waals surface area contributed by atoms with E-state index in [0.29, 0.717) is 6.67 Å². The highest BCUT2D eigenvalue weighted by Gasteiger charge is 2.25. The van der Waals surface area contributed by atoms with Gasteiger partial charge in [-0.2, -0.15) is 0 Å². The van der Waals surface area contributed by atoms with Gasteiger partial charge in [-0.3, -0.25) is 19.5 Å². The third kappa shape index (κ3) is 6.94. The number of ether oxygens (including phenoxy) is 1. The van der Waals surface area contributed by atoms with Crippen LogP contribution in [0, 0.1) is 0 Å². The zero-order chi connectivity index (χ0) is 19.6. The van der Waals surface area contributed by atoms with Crippen LogP contribution in [0.1, 0.15) is 12.0 Å². The molecule has 2 heterocycles. The van der Waals surface area contributed by atoms with E-state index in [1.807, 2.05) is 0 Å². The number of aromatic nitrogens is 1. The second kappa shape index (κ2) is 10.1. The molecule has 1 aliphatic heterocycles. The van der Waals surface area contributed by atoms with Crippen LogP contribution in [-0.2, 0) is 25.7 Å². The normalized spacial score (nSPS) is 13.9. The van der Waals surface area contributed by atoms with Crippen molar-refractivity contribution >= 4 is 17.8 Å². The number of carbonyl (C=O) groups excluding carboxylic acids is 2. The second-order valence-corrected chi connectivity index (χ2v) is 5.97. The Balaban J connectivity index is 1.98. The zero-order valence-electron chi connectivity index (χ0n) is 15.0. The Morgan fingerprint density at radius 2 is 2.07 bits per heavy atom. The lowest BCUT2D eigenvalue weighted by molar-refractivity contribution is -0.145. The van der Waals surface area contributed by atoms with Crippen molar-refractivity contribution in [3.05, 3.63) is 42.0 Å². The highest BCUT2D eigenvalue weighted by atomic mass is 16.5. The minimum atomic E-state index is -1.05. The van der Waals surface area contributed by atoms with Crippen LogP contribution < -0.4 is 16.0 Å². The summed E-state index contributed by atoms with van der Waals surface area (Å²) in [6, 6.07) is 2.62.